The molecule has 2 aromatic rings. The number of H-pyrrole nitrogens is 1. The van der Waals surface area contributed by atoms with Gasteiger partial charge in [-0.3, -0.25) is 14.8 Å². The Labute approximate surface area is 130 Å². The zero-order valence-electron chi connectivity index (χ0n) is 12.8. The third-order valence-electron chi connectivity index (χ3n) is 4.38. The second-order valence-corrected chi connectivity index (χ2v) is 6.15. The van der Waals surface area contributed by atoms with Crippen LogP contribution in [0, 0.1) is 5.92 Å². The number of ketones is 1. The van der Waals surface area contributed by atoms with Gasteiger partial charge in [0.15, 0.2) is 5.78 Å². The molecule has 0 saturated carbocycles. The molecule has 2 heterocycles. The largest absolute Gasteiger partial charge is 0.384 e. The number of benzene rings is 1. The summed E-state index contributed by atoms with van der Waals surface area (Å²) < 4.78 is 0. The lowest BCUT2D eigenvalue weighted by Gasteiger charge is -2.37. The van der Waals surface area contributed by atoms with Crippen molar-refractivity contribution in [3.05, 3.63) is 47.7 Å². The van der Waals surface area contributed by atoms with E-state index >= 15 is 0 Å². The number of piperidine rings is 1. The maximum absolute atomic E-state index is 12.5. The van der Waals surface area contributed by atoms with Gasteiger partial charge in [-0.2, -0.15) is 5.10 Å². The Bertz CT molecular complexity index is 637. The van der Waals surface area contributed by atoms with Crippen molar-refractivity contribution in [3.63, 3.8) is 0 Å². The average Bonchev–Trinajstić information content (AvgIpc) is 2.96. The number of carbonyl (C=O) groups excluding carboxylic acids is 1. The standard InChI is InChI=1S/C17H22N4O/c1-12-7-8-21(11-16(22)13-5-3-2-4-6-13)15(9-12)14-10-17(18)20-19-14/h2-6,10,12,15H,7-9,11H2,1H3,(H3,18,19,20). The first-order valence-electron chi connectivity index (χ1n) is 7.76. The Morgan fingerprint density at radius 1 is 1.41 bits per heavy atom. The van der Waals surface area contributed by atoms with Crippen molar-refractivity contribution in [1.29, 1.82) is 0 Å². The van der Waals surface area contributed by atoms with E-state index < -0.39 is 0 Å². The summed E-state index contributed by atoms with van der Waals surface area (Å²) in [4.78, 5) is 14.7. The normalized spacial score (nSPS) is 22.6. The number of nitrogen functional groups attached to an aromatic ring is 1. The predicted molar refractivity (Wildman–Crippen MR) is 86.5 cm³/mol. The lowest BCUT2D eigenvalue weighted by atomic mass is 9.90. The van der Waals surface area contributed by atoms with Gasteiger partial charge in [0.05, 0.1) is 18.3 Å². The minimum Gasteiger partial charge on any atom is -0.384 e. The molecule has 22 heavy (non-hydrogen) atoms. The van der Waals surface area contributed by atoms with Gasteiger partial charge in [-0.1, -0.05) is 37.3 Å². The van der Waals surface area contributed by atoms with Gasteiger partial charge in [0.1, 0.15) is 5.82 Å². The number of carbonyl (C=O) groups is 1. The third kappa shape index (κ3) is 3.20. The quantitative estimate of drug-likeness (QED) is 0.851. The van der Waals surface area contributed by atoms with Crippen molar-refractivity contribution < 1.29 is 4.79 Å². The Morgan fingerprint density at radius 3 is 2.86 bits per heavy atom. The monoisotopic (exact) mass is 298 g/mol. The maximum Gasteiger partial charge on any atom is 0.176 e. The van der Waals surface area contributed by atoms with Crippen LogP contribution in [0.3, 0.4) is 0 Å². The van der Waals surface area contributed by atoms with Gasteiger partial charge in [-0.25, -0.2) is 0 Å². The number of hydrogen-bond donors (Lipinski definition) is 2. The van der Waals surface area contributed by atoms with Gasteiger partial charge in [0.2, 0.25) is 0 Å². The minimum absolute atomic E-state index is 0.156. The smallest absolute Gasteiger partial charge is 0.176 e. The Kier molecular flexibility index (Phi) is 4.24. The molecular formula is C17H22N4O. The van der Waals surface area contributed by atoms with Crippen LogP contribution in [-0.4, -0.2) is 34.0 Å². The van der Waals surface area contributed by atoms with Crippen molar-refractivity contribution in [2.75, 3.05) is 18.8 Å². The molecule has 116 valence electrons. The number of aromatic nitrogens is 2. The fourth-order valence-electron chi connectivity index (χ4n) is 3.11. The van der Waals surface area contributed by atoms with E-state index in [-0.39, 0.29) is 11.8 Å². The number of rotatable bonds is 4. The summed E-state index contributed by atoms with van der Waals surface area (Å²) in [6.45, 7) is 3.59. The Morgan fingerprint density at radius 2 is 2.18 bits per heavy atom. The molecule has 1 aromatic carbocycles. The summed E-state index contributed by atoms with van der Waals surface area (Å²) in [5.74, 6) is 1.36. The first-order chi connectivity index (χ1) is 10.6. The zero-order chi connectivity index (χ0) is 15.5. The van der Waals surface area contributed by atoms with Crippen LogP contribution >= 0.6 is 0 Å². The Balaban J connectivity index is 1.76. The highest BCUT2D eigenvalue weighted by Crippen LogP contribution is 2.33. The van der Waals surface area contributed by atoms with Crippen LogP contribution < -0.4 is 5.73 Å². The van der Waals surface area contributed by atoms with Crippen molar-refractivity contribution in [1.82, 2.24) is 15.1 Å². The number of nitrogens with zero attached hydrogens (tertiary/aromatic N) is 2. The molecule has 5 heteroatoms. The van der Waals surface area contributed by atoms with Crippen LogP contribution in [0.1, 0.15) is 41.9 Å². The van der Waals surface area contributed by atoms with Gasteiger partial charge in [0, 0.05) is 11.6 Å². The second kappa shape index (κ2) is 6.32. The molecule has 0 amide bonds. The van der Waals surface area contributed by atoms with E-state index in [1.165, 1.54) is 0 Å². The zero-order valence-corrected chi connectivity index (χ0v) is 12.8. The topological polar surface area (TPSA) is 75.0 Å². The maximum atomic E-state index is 12.5. The summed E-state index contributed by atoms with van der Waals surface area (Å²) >= 11 is 0. The molecule has 3 N–H and O–H groups in total. The van der Waals surface area contributed by atoms with E-state index in [2.05, 4.69) is 22.0 Å². The van der Waals surface area contributed by atoms with E-state index in [9.17, 15) is 4.79 Å². The number of Topliss-reactive ketones (excluding diaryl/α,β-unsaturated/α-hetero) is 1. The molecule has 0 aliphatic carbocycles. The molecule has 2 atom stereocenters. The van der Waals surface area contributed by atoms with Gasteiger partial charge in [-0.15, -0.1) is 0 Å². The number of likely N-dealkylation sites (tertiary alicyclic amines) is 1. The van der Waals surface area contributed by atoms with Gasteiger partial charge >= 0.3 is 0 Å². The molecule has 1 aliphatic rings. The van der Waals surface area contributed by atoms with Crippen LogP contribution in [0.4, 0.5) is 5.82 Å². The predicted octanol–water partition coefficient (Wildman–Crippen LogP) is 2.65. The Hall–Kier alpha value is -2.14. The fraction of sp³-hybridized carbons (Fsp3) is 0.412. The highest BCUT2D eigenvalue weighted by molar-refractivity contribution is 5.97. The molecule has 5 nitrogen and oxygen atoms in total. The second-order valence-electron chi connectivity index (χ2n) is 6.15. The van der Waals surface area contributed by atoms with Crippen LogP contribution in [0.5, 0.6) is 0 Å². The number of anilines is 1. The highest BCUT2D eigenvalue weighted by Gasteiger charge is 2.30. The average molecular weight is 298 g/mol. The van der Waals surface area contributed by atoms with Gasteiger partial charge < -0.3 is 5.73 Å². The summed E-state index contributed by atoms with van der Waals surface area (Å²) in [6.07, 6.45) is 2.12. The highest BCUT2D eigenvalue weighted by atomic mass is 16.1. The molecule has 1 aromatic heterocycles. The summed E-state index contributed by atoms with van der Waals surface area (Å²) in [5, 5.41) is 7.10. The van der Waals surface area contributed by atoms with Gasteiger partial charge in [0.25, 0.3) is 0 Å². The summed E-state index contributed by atoms with van der Waals surface area (Å²) in [6, 6.07) is 11.5. The summed E-state index contributed by atoms with van der Waals surface area (Å²) in [7, 11) is 0. The molecule has 0 radical (unpaired) electrons. The summed E-state index contributed by atoms with van der Waals surface area (Å²) in [5.41, 5.74) is 7.45. The van der Waals surface area contributed by atoms with Crippen molar-refractivity contribution >= 4 is 11.6 Å². The van der Waals surface area contributed by atoms with Gasteiger partial charge in [-0.05, 0) is 25.3 Å². The molecule has 1 aliphatic heterocycles. The number of aromatic amines is 1. The lowest BCUT2D eigenvalue weighted by molar-refractivity contribution is 0.0780. The number of hydrogen-bond acceptors (Lipinski definition) is 4. The molecule has 1 saturated heterocycles. The van der Waals surface area contributed by atoms with E-state index in [0.29, 0.717) is 18.3 Å². The first kappa shape index (κ1) is 14.8. The molecule has 0 bridgehead atoms. The van der Waals surface area contributed by atoms with E-state index in [1.54, 1.807) is 0 Å². The molecule has 1 fully saturated rings. The van der Waals surface area contributed by atoms with Crippen molar-refractivity contribution in [2.45, 2.75) is 25.8 Å². The van der Waals surface area contributed by atoms with E-state index in [1.807, 2.05) is 36.4 Å². The lowest BCUT2D eigenvalue weighted by Crippen LogP contribution is -2.39. The molecule has 3 rings (SSSR count). The van der Waals surface area contributed by atoms with Crippen molar-refractivity contribution in [2.24, 2.45) is 5.92 Å². The fourth-order valence-corrected chi connectivity index (χ4v) is 3.11. The first-order valence-corrected chi connectivity index (χ1v) is 7.76. The minimum atomic E-state index is 0.156. The number of nitrogens with two attached hydrogens (primary N) is 1. The van der Waals surface area contributed by atoms with E-state index in [0.717, 1.165) is 30.6 Å². The van der Waals surface area contributed by atoms with Crippen LogP contribution in [-0.2, 0) is 0 Å². The molecule has 2 unspecified atom stereocenters. The van der Waals surface area contributed by atoms with Crippen molar-refractivity contribution in [3.8, 4) is 0 Å². The third-order valence-corrected chi connectivity index (χ3v) is 4.38. The van der Waals surface area contributed by atoms with Crippen LogP contribution in [0.15, 0.2) is 36.4 Å². The van der Waals surface area contributed by atoms with Crippen LogP contribution in [0.25, 0.3) is 0 Å². The SMILES string of the molecule is CC1CCN(CC(=O)c2ccccc2)C(c2cc(N)[nH]n2)C1. The number of nitrogens with one attached hydrogen (secondary N) is 1. The van der Waals surface area contributed by atoms with E-state index in [4.69, 9.17) is 5.73 Å². The molecule has 0 spiro atoms. The van der Waals surface area contributed by atoms with Crippen LogP contribution in [0.2, 0.25) is 0 Å². The molecular weight excluding hydrogens is 276 g/mol.